The van der Waals surface area contributed by atoms with E-state index in [1.54, 1.807) is 12.1 Å². The molecule has 1 aromatic carbocycles. The van der Waals surface area contributed by atoms with E-state index in [4.69, 9.17) is 34.8 Å². The molecule has 0 amide bonds. The lowest BCUT2D eigenvalue weighted by molar-refractivity contribution is -0.143. The molecule has 0 saturated heterocycles. The molecule has 1 aromatic rings. The lowest BCUT2D eigenvalue weighted by atomic mass is 9.80. The van der Waals surface area contributed by atoms with Crippen LogP contribution >= 0.6 is 34.8 Å². The number of benzene rings is 1. The van der Waals surface area contributed by atoms with Crippen molar-refractivity contribution in [3.05, 3.63) is 29.8 Å². The van der Waals surface area contributed by atoms with Gasteiger partial charge in [0.1, 0.15) is 5.75 Å². The van der Waals surface area contributed by atoms with Crippen molar-refractivity contribution in [3.63, 3.8) is 0 Å². The first-order valence-electron chi connectivity index (χ1n) is 4.75. The van der Waals surface area contributed by atoms with Crippen LogP contribution in [0, 0.1) is 0 Å². The molecule has 2 N–H and O–H groups in total. The molecule has 0 saturated carbocycles. The van der Waals surface area contributed by atoms with Gasteiger partial charge in [0.25, 0.3) is 0 Å². The van der Waals surface area contributed by atoms with E-state index in [0.29, 0.717) is 5.56 Å². The molecular weight excluding hydrogens is 286 g/mol. The zero-order valence-electron chi connectivity index (χ0n) is 8.95. The predicted molar refractivity (Wildman–Crippen MR) is 68.0 cm³/mol. The van der Waals surface area contributed by atoms with Crippen LogP contribution in [-0.2, 0) is 10.2 Å². The molecule has 94 valence electrons. The van der Waals surface area contributed by atoms with E-state index >= 15 is 0 Å². The maximum Gasteiger partial charge on any atom is 0.313 e. The Hall–Kier alpha value is -0.640. The molecule has 0 aliphatic carbocycles. The second-order valence-corrected chi connectivity index (χ2v) is 6.50. The first kappa shape index (κ1) is 14.4. The molecule has 1 unspecified atom stereocenters. The minimum atomic E-state index is -1.68. The third-order valence-corrected chi connectivity index (χ3v) is 2.91. The Balaban J connectivity index is 3.21. The van der Waals surface area contributed by atoms with Crippen molar-refractivity contribution < 1.29 is 15.0 Å². The number of aromatic hydroxyl groups is 1. The van der Waals surface area contributed by atoms with Crippen molar-refractivity contribution in [1.29, 1.82) is 0 Å². The van der Waals surface area contributed by atoms with Gasteiger partial charge in [-0.3, -0.25) is 4.79 Å². The molecular formula is C11H11Cl3O3. The summed E-state index contributed by atoms with van der Waals surface area (Å²) in [7, 11) is 0. The summed E-state index contributed by atoms with van der Waals surface area (Å²) in [5.74, 6) is -1.14. The van der Waals surface area contributed by atoms with Crippen molar-refractivity contribution in [1.82, 2.24) is 0 Å². The third kappa shape index (κ3) is 3.66. The van der Waals surface area contributed by atoms with Gasteiger partial charge in [-0.05, 0) is 24.6 Å². The number of carboxylic acids is 1. The van der Waals surface area contributed by atoms with E-state index in [9.17, 15) is 15.0 Å². The lowest BCUT2D eigenvalue weighted by Crippen LogP contribution is -2.36. The molecule has 0 aromatic heterocycles. The Labute approximate surface area is 114 Å². The first-order valence-corrected chi connectivity index (χ1v) is 5.88. The van der Waals surface area contributed by atoms with Gasteiger partial charge < -0.3 is 10.2 Å². The molecule has 0 bridgehead atoms. The molecule has 0 spiro atoms. The highest BCUT2D eigenvalue weighted by Crippen LogP contribution is 2.41. The van der Waals surface area contributed by atoms with Crippen LogP contribution in [0.3, 0.4) is 0 Å². The van der Waals surface area contributed by atoms with E-state index < -0.39 is 15.2 Å². The van der Waals surface area contributed by atoms with Crippen molar-refractivity contribution in [2.24, 2.45) is 0 Å². The van der Waals surface area contributed by atoms with Gasteiger partial charge in [0.15, 0.2) is 3.79 Å². The topological polar surface area (TPSA) is 57.5 Å². The summed E-state index contributed by atoms with van der Waals surface area (Å²) in [5.41, 5.74) is -0.986. The predicted octanol–water partition coefficient (Wildman–Crippen LogP) is 3.49. The number of hydrogen-bond donors (Lipinski definition) is 2. The van der Waals surface area contributed by atoms with Gasteiger partial charge in [-0.25, -0.2) is 0 Å². The molecule has 0 aliphatic rings. The number of phenols is 1. The van der Waals surface area contributed by atoms with E-state index in [0.717, 1.165) is 0 Å². The normalized spacial score (nSPS) is 15.3. The summed E-state index contributed by atoms with van der Waals surface area (Å²) in [4.78, 5) is 11.4. The fourth-order valence-corrected chi connectivity index (χ4v) is 2.35. The molecule has 0 radical (unpaired) electrons. The second-order valence-electron chi connectivity index (χ2n) is 3.98. The highest BCUT2D eigenvalue weighted by atomic mass is 35.6. The number of hydrogen-bond acceptors (Lipinski definition) is 2. The fourth-order valence-electron chi connectivity index (χ4n) is 1.55. The molecule has 6 heteroatoms. The Morgan fingerprint density at radius 2 is 1.94 bits per heavy atom. The maximum absolute atomic E-state index is 11.4. The van der Waals surface area contributed by atoms with Crippen LogP contribution in [0.1, 0.15) is 18.9 Å². The Kier molecular flexibility index (Phi) is 4.18. The number of rotatable bonds is 3. The zero-order chi connectivity index (χ0) is 13.3. The lowest BCUT2D eigenvalue weighted by Gasteiger charge is -2.28. The van der Waals surface area contributed by atoms with Crippen LogP contribution in [0.25, 0.3) is 0 Å². The number of aliphatic carboxylic acids is 1. The minimum absolute atomic E-state index is 0.0284. The molecule has 1 atom stereocenters. The van der Waals surface area contributed by atoms with Gasteiger partial charge in [0, 0.05) is 6.42 Å². The second kappa shape index (κ2) is 4.92. The highest BCUT2D eigenvalue weighted by Gasteiger charge is 2.42. The maximum atomic E-state index is 11.4. The van der Waals surface area contributed by atoms with E-state index in [1.807, 2.05) is 0 Å². The Bertz CT molecular complexity index is 428. The van der Waals surface area contributed by atoms with Crippen molar-refractivity contribution in [3.8, 4) is 5.75 Å². The van der Waals surface area contributed by atoms with E-state index in [2.05, 4.69) is 0 Å². The smallest absolute Gasteiger partial charge is 0.313 e. The fraction of sp³-hybridized carbons (Fsp3) is 0.364. The van der Waals surface area contributed by atoms with Crippen LogP contribution in [-0.4, -0.2) is 20.0 Å². The number of halogens is 3. The highest BCUT2D eigenvalue weighted by molar-refractivity contribution is 6.67. The van der Waals surface area contributed by atoms with Crippen molar-refractivity contribution in [2.45, 2.75) is 22.6 Å². The number of carboxylic acid groups (broad SMARTS) is 1. The molecule has 0 heterocycles. The first-order chi connectivity index (χ1) is 7.65. The van der Waals surface area contributed by atoms with Crippen LogP contribution in [0.5, 0.6) is 5.75 Å². The van der Waals surface area contributed by atoms with Crippen molar-refractivity contribution in [2.75, 3.05) is 0 Å². The number of alkyl halides is 3. The van der Waals surface area contributed by atoms with Gasteiger partial charge in [0.2, 0.25) is 0 Å². The molecule has 0 fully saturated rings. The Morgan fingerprint density at radius 1 is 1.35 bits per heavy atom. The molecule has 3 nitrogen and oxygen atoms in total. The van der Waals surface area contributed by atoms with Crippen LogP contribution < -0.4 is 0 Å². The van der Waals surface area contributed by atoms with Gasteiger partial charge >= 0.3 is 5.97 Å². The largest absolute Gasteiger partial charge is 0.508 e. The van der Waals surface area contributed by atoms with Gasteiger partial charge in [-0.2, -0.15) is 0 Å². The SMILES string of the molecule is CC(CC(Cl)(Cl)Cl)(C(=O)O)c1cccc(O)c1. The van der Waals surface area contributed by atoms with Gasteiger partial charge in [0.05, 0.1) is 5.41 Å². The van der Waals surface area contributed by atoms with Crippen LogP contribution in [0.2, 0.25) is 0 Å². The Morgan fingerprint density at radius 3 is 2.35 bits per heavy atom. The van der Waals surface area contributed by atoms with Crippen LogP contribution in [0.15, 0.2) is 24.3 Å². The average molecular weight is 298 g/mol. The average Bonchev–Trinajstić information content (AvgIpc) is 2.14. The summed E-state index contributed by atoms with van der Waals surface area (Å²) in [5, 5.41) is 18.6. The summed E-state index contributed by atoms with van der Waals surface area (Å²) < 4.78 is -1.68. The quantitative estimate of drug-likeness (QED) is 0.840. The molecule has 1 rings (SSSR count). The molecule has 0 aliphatic heterocycles. The number of carbonyl (C=O) groups is 1. The standard InChI is InChI=1S/C11H11Cl3O3/c1-10(9(16)17,6-11(12,13)14)7-3-2-4-8(15)5-7/h2-5,15H,6H2,1H3,(H,16,17). The third-order valence-electron chi connectivity index (χ3n) is 2.51. The van der Waals surface area contributed by atoms with Crippen LogP contribution in [0.4, 0.5) is 0 Å². The molecule has 17 heavy (non-hydrogen) atoms. The van der Waals surface area contributed by atoms with Gasteiger partial charge in [-0.15, -0.1) is 0 Å². The van der Waals surface area contributed by atoms with E-state index in [1.165, 1.54) is 19.1 Å². The summed E-state index contributed by atoms with van der Waals surface area (Å²) in [6.45, 7) is 1.45. The summed E-state index contributed by atoms with van der Waals surface area (Å²) in [6, 6.07) is 5.92. The summed E-state index contributed by atoms with van der Waals surface area (Å²) >= 11 is 17.0. The minimum Gasteiger partial charge on any atom is -0.508 e. The van der Waals surface area contributed by atoms with Gasteiger partial charge in [-0.1, -0.05) is 46.9 Å². The number of phenolic OH excluding ortho intramolecular Hbond substituents is 1. The zero-order valence-corrected chi connectivity index (χ0v) is 11.2. The van der Waals surface area contributed by atoms with Crippen molar-refractivity contribution >= 4 is 40.8 Å². The monoisotopic (exact) mass is 296 g/mol. The van der Waals surface area contributed by atoms with E-state index in [-0.39, 0.29) is 12.2 Å². The summed E-state index contributed by atoms with van der Waals surface area (Å²) in [6.07, 6.45) is -0.191.